The van der Waals surface area contributed by atoms with Crippen molar-refractivity contribution in [3.05, 3.63) is 46.1 Å². The average Bonchev–Trinajstić information content (AvgIpc) is 3.32. The zero-order chi connectivity index (χ0) is 29.9. The van der Waals surface area contributed by atoms with Gasteiger partial charge in [-0.1, -0.05) is 17.8 Å². The highest BCUT2D eigenvalue weighted by Gasteiger charge is 2.42. The zero-order valence-corrected chi connectivity index (χ0v) is 25.6. The number of ether oxygens (including phenoxy) is 4. The number of amidine groups is 1. The Morgan fingerprint density at radius 3 is 2.37 bits per heavy atom. The first-order valence-electron chi connectivity index (χ1n) is 13.8. The molecule has 0 aliphatic carbocycles. The van der Waals surface area contributed by atoms with Gasteiger partial charge in [0.1, 0.15) is 5.60 Å². The van der Waals surface area contributed by atoms with Gasteiger partial charge < -0.3 is 28.7 Å². The van der Waals surface area contributed by atoms with Crippen LogP contribution in [0.15, 0.2) is 45.6 Å². The molecule has 1 fully saturated rings. The standard InChI is InChI=1S/C30H39N3O7S/c1-8-39-27(35)19-11-13-32(14-12-19)24(34)16-21-17-41-29-31-18(2)25(28(36)40-30(3,4)5)26(33(21)29)20-9-10-22(37-6)23(15-20)38-7/h9-10,15,17,19,26H,8,11-14,16H2,1-7H3/t26-/m0/s1. The van der Waals surface area contributed by atoms with Crippen molar-refractivity contribution in [1.29, 1.82) is 0 Å². The van der Waals surface area contributed by atoms with Gasteiger partial charge in [-0.25, -0.2) is 9.79 Å². The first-order chi connectivity index (χ1) is 19.5. The van der Waals surface area contributed by atoms with Gasteiger partial charge in [-0.2, -0.15) is 0 Å². The van der Waals surface area contributed by atoms with Crippen molar-refractivity contribution < 1.29 is 33.3 Å². The van der Waals surface area contributed by atoms with Crippen LogP contribution in [-0.4, -0.2) is 72.3 Å². The Labute approximate surface area is 245 Å². The maximum Gasteiger partial charge on any atom is 0.338 e. The van der Waals surface area contributed by atoms with Crippen LogP contribution in [0.25, 0.3) is 0 Å². The number of fused-ring (bicyclic) bond motifs is 1. The number of hydrogen-bond acceptors (Lipinski definition) is 10. The Balaban J connectivity index is 1.63. The Kier molecular flexibility index (Phi) is 9.36. The van der Waals surface area contributed by atoms with Crippen molar-refractivity contribution >= 4 is 34.8 Å². The van der Waals surface area contributed by atoms with E-state index < -0.39 is 17.6 Å². The number of allylic oxidation sites excluding steroid dienone is 1. The van der Waals surface area contributed by atoms with E-state index in [-0.39, 0.29) is 24.2 Å². The number of benzene rings is 1. The normalized spacial score (nSPS) is 19.3. The summed E-state index contributed by atoms with van der Waals surface area (Å²) < 4.78 is 22.0. The molecule has 4 rings (SSSR count). The first-order valence-corrected chi connectivity index (χ1v) is 14.7. The number of likely N-dealkylation sites (tertiary alicyclic amines) is 1. The third kappa shape index (κ3) is 6.72. The molecule has 1 amide bonds. The predicted molar refractivity (Wildman–Crippen MR) is 156 cm³/mol. The number of piperidine rings is 1. The second-order valence-corrected chi connectivity index (χ2v) is 11.9. The predicted octanol–water partition coefficient (Wildman–Crippen LogP) is 4.81. The number of nitrogens with zero attached hydrogens (tertiary/aromatic N) is 3. The van der Waals surface area contributed by atoms with Crippen molar-refractivity contribution in [3.63, 3.8) is 0 Å². The van der Waals surface area contributed by atoms with Gasteiger partial charge in [0.15, 0.2) is 16.7 Å². The minimum absolute atomic E-state index is 0.0448. The van der Waals surface area contributed by atoms with Gasteiger partial charge in [0.25, 0.3) is 0 Å². The van der Waals surface area contributed by atoms with Gasteiger partial charge in [-0.15, -0.1) is 0 Å². The van der Waals surface area contributed by atoms with Crippen LogP contribution in [0.4, 0.5) is 0 Å². The maximum atomic E-state index is 13.6. The van der Waals surface area contributed by atoms with Gasteiger partial charge in [0.2, 0.25) is 5.91 Å². The molecular formula is C30H39N3O7S. The van der Waals surface area contributed by atoms with E-state index in [1.54, 1.807) is 39.0 Å². The number of hydrogen-bond donors (Lipinski definition) is 0. The smallest absolute Gasteiger partial charge is 0.338 e. The van der Waals surface area contributed by atoms with Crippen molar-refractivity contribution in [1.82, 2.24) is 9.80 Å². The Morgan fingerprint density at radius 2 is 1.76 bits per heavy atom. The van der Waals surface area contributed by atoms with E-state index in [2.05, 4.69) is 0 Å². The van der Waals surface area contributed by atoms with E-state index in [0.29, 0.717) is 60.5 Å². The van der Waals surface area contributed by atoms with Crippen LogP contribution in [0.3, 0.4) is 0 Å². The molecule has 3 heterocycles. The van der Waals surface area contributed by atoms with E-state index in [4.69, 9.17) is 23.9 Å². The number of thioether (sulfide) groups is 1. The topological polar surface area (TPSA) is 107 Å². The molecule has 0 saturated carbocycles. The molecule has 0 radical (unpaired) electrons. The summed E-state index contributed by atoms with van der Waals surface area (Å²) in [4.78, 5) is 47.7. The van der Waals surface area contributed by atoms with Gasteiger partial charge in [-0.05, 0) is 70.6 Å². The lowest BCUT2D eigenvalue weighted by molar-refractivity contribution is -0.151. The van der Waals surface area contributed by atoms with E-state index in [9.17, 15) is 14.4 Å². The van der Waals surface area contributed by atoms with Gasteiger partial charge >= 0.3 is 11.9 Å². The molecule has 0 spiro atoms. The number of rotatable bonds is 8. The summed E-state index contributed by atoms with van der Waals surface area (Å²) in [6, 6.07) is 4.93. The van der Waals surface area contributed by atoms with Gasteiger partial charge in [-0.3, -0.25) is 9.59 Å². The lowest BCUT2D eigenvalue weighted by Gasteiger charge is -2.38. The van der Waals surface area contributed by atoms with E-state index in [1.165, 1.54) is 11.8 Å². The molecule has 1 atom stereocenters. The number of aliphatic imine (C=N–C) groups is 1. The largest absolute Gasteiger partial charge is 0.493 e. The molecule has 0 unspecified atom stereocenters. The van der Waals surface area contributed by atoms with Crippen molar-refractivity contribution in [2.24, 2.45) is 10.9 Å². The summed E-state index contributed by atoms with van der Waals surface area (Å²) in [5.41, 5.74) is 1.75. The molecule has 1 aromatic rings. The number of methoxy groups -OCH3 is 2. The molecule has 0 bridgehead atoms. The Bertz CT molecular complexity index is 1290. The van der Waals surface area contributed by atoms with Crippen LogP contribution in [0.1, 0.15) is 65.5 Å². The third-order valence-corrected chi connectivity index (χ3v) is 8.03. The molecule has 3 aliphatic heterocycles. The summed E-state index contributed by atoms with van der Waals surface area (Å²) in [6.45, 7) is 10.4. The third-order valence-electron chi connectivity index (χ3n) is 7.14. The molecule has 11 heteroatoms. The highest BCUT2D eigenvalue weighted by atomic mass is 32.2. The summed E-state index contributed by atoms with van der Waals surface area (Å²) in [5, 5.41) is 2.60. The summed E-state index contributed by atoms with van der Waals surface area (Å²) in [7, 11) is 3.13. The van der Waals surface area contributed by atoms with E-state index in [1.807, 2.05) is 43.2 Å². The molecule has 1 aromatic carbocycles. The van der Waals surface area contributed by atoms with E-state index >= 15 is 0 Å². The van der Waals surface area contributed by atoms with Crippen LogP contribution in [0, 0.1) is 5.92 Å². The SMILES string of the molecule is CCOC(=O)C1CCN(C(=O)CC2=CSC3=NC(C)=C(C(=O)OC(C)(C)C)[C@H](c4ccc(OC)c(OC)c4)N23)CC1. The van der Waals surface area contributed by atoms with Crippen molar-refractivity contribution in [3.8, 4) is 11.5 Å². The monoisotopic (exact) mass is 585 g/mol. The quantitative estimate of drug-likeness (QED) is 0.397. The molecule has 10 nitrogen and oxygen atoms in total. The second-order valence-electron chi connectivity index (χ2n) is 11.1. The van der Waals surface area contributed by atoms with Crippen LogP contribution < -0.4 is 9.47 Å². The second kappa shape index (κ2) is 12.6. The summed E-state index contributed by atoms with van der Waals surface area (Å²) in [6.07, 6.45) is 1.28. The van der Waals surface area contributed by atoms with Crippen LogP contribution >= 0.6 is 11.8 Å². The van der Waals surface area contributed by atoms with Crippen LogP contribution in [0.5, 0.6) is 11.5 Å². The average molecular weight is 586 g/mol. The number of carbonyl (C=O) groups excluding carboxylic acids is 3. The van der Waals surface area contributed by atoms with Crippen molar-refractivity contribution in [2.75, 3.05) is 33.9 Å². The first kappa shape index (κ1) is 30.5. The zero-order valence-electron chi connectivity index (χ0n) is 24.8. The fourth-order valence-corrected chi connectivity index (χ4v) is 6.16. The van der Waals surface area contributed by atoms with Crippen LogP contribution in [-0.2, 0) is 23.9 Å². The number of carbonyl (C=O) groups is 3. The molecule has 3 aliphatic rings. The molecule has 222 valence electrons. The van der Waals surface area contributed by atoms with E-state index in [0.717, 1.165) is 11.3 Å². The maximum absolute atomic E-state index is 13.6. The fraction of sp³-hybridized carbons (Fsp3) is 0.533. The van der Waals surface area contributed by atoms with Gasteiger partial charge in [0.05, 0.1) is 50.5 Å². The number of amides is 1. The highest BCUT2D eigenvalue weighted by molar-refractivity contribution is 8.16. The minimum atomic E-state index is -0.708. The minimum Gasteiger partial charge on any atom is -0.493 e. The Hall–Kier alpha value is -3.47. The molecule has 1 saturated heterocycles. The van der Waals surface area contributed by atoms with Crippen molar-refractivity contribution in [2.45, 2.75) is 65.5 Å². The fourth-order valence-electron chi connectivity index (χ4n) is 5.19. The summed E-state index contributed by atoms with van der Waals surface area (Å²) in [5.74, 6) is 0.192. The molecule has 0 N–H and O–H groups in total. The highest BCUT2D eigenvalue weighted by Crippen LogP contribution is 2.46. The number of esters is 2. The molecule has 41 heavy (non-hydrogen) atoms. The lowest BCUT2D eigenvalue weighted by atomic mass is 9.93. The lowest BCUT2D eigenvalue weighted by Crippen LogP contribution is -2.42. The van der Waals surface area contributed by atoms with Gasteiger partial charge in [0, 0.05) is 18.8 Å². The summed E-state index contributed by atoms with van der Waals surface area (Å²) >= 11 is 1.42. The van der Waals surface area contributed by atoms with Crippen LogP contribution in [0.2, 0.25) is 0 Å². The Morgan fingerprint density at radius 1 is 1.07 bits per heavy atom. The molecular weight excluding hydrogens is 546 g/mol. The molecule has 0 aromatic heterocycles.